The van der Waals surface area contributed by atoms with Gasteiger partial charge in [0.15, 0.2) is 0 Å². The number of benzene rings is 1. The van der Waals surface area contributed by atoms with Crippen molar-refractivity contribution < 1.29 is 5.11 Å². The molecule has 0 fully saturated rings. The van der Waals surface area contributed by atoms with Crippen LogP contribution in [0.25, 0.3) is 0 Å². The van der Waals surface area contributed by atoms with E-state index in [0.29, 0.717) is 0 Å². The summed E-state index contributed by atoms with van der Waals surface area (Å²) >= 11 is 0. The molecule has 0 aliphatic rings. The third kappa shape index (κ3) is 2.71. The Bertz CT molecular complexity index is 289. The standard InChI is InChI=1S/C11H17NO.ClH/c1-7-4-8(2)11(9(3)5-7)10(12)6-13;/h4-5,10,13H,6,12H2,1-3H3;1H/t10-;/m1./s1. The summed E-state index contributed by atoms with van der Waals surface area (Å²) in [5.41, 5.74) is 10.4. The Balaban J connectivity index is 0.00000169. The summed E-state index contributed by atoms with van der Waals surface area (Å²) in [7, 11) is 0. The zero-order valence-electron chi connectivity index (χ0n) is 8.87. The van der Waals surface area contributed by atoms with Crippen molar-refractivity contribution in [3.8, 4) is 0 Å². The largest absolute Gasteiger partial charge is 0.394 e. The molecule has 3 N–H and O–H groups in total. The Morgan fingerprint density at radius 1 is 1.21 bits per heavy atom. The Kier molecular flexibility index (Phi) is 5.13. The van der Waals surface area contributed by atoms with Crippen molar-refractivity contribution in [2.24, 2.45) is 5.73 Å². The minimum absolute atomic E-state index is 0. The number of hydrogen-bond donors (Lipinski definition) is 2. The number of aryl methyl sites for hydroxylation is 3. The molecule has 0 saturated heterocycles. The highest BCUT2D eigenvalue weighted by molar-refractivity contribution is 5.85. The first-order valence-corrected chi connectivity index (χ1v) is 4.50. The first-order valence-electron chi connectivity index (χ1n) is 4.50. The molecule has 1 rings (SSSR count). The molecule has 1 atom stereocenters. The molecule has 0 radical (unpaired) electrons. The Morgan fingerprint density at radius 3 is 2.00 bits per heavy atom. The van der Waals surface area contributed by atoms with Gasteiger partial charge in [-0.1, -0.05) is 17.7 Å². The SMILES string of the molecule is Cc1cc(C)c([C@H](N)CO)c(C)c1.Cl. The minimum atomic E-state index is -0.249. The normalized spacial score (nSPS) is 12.1. The van der Waals surface area contributed by atoms with Gasteiger partial charge in [0.05, 0.1) is 12.6 Å². The van der Waals surface area contributed by atoms with E-state index in [1.165, 1.54) is 16.7 Å². The second-order valence-corrected chi connectivity index (χ2v) is 3.60. The fraction of sp³-hybridized carbons (Fsp3) is 0.455. The maximum Gasteiger partial charge on any atom is 0.0624 e. The predicted octanol–water partition coefficient (Wildman–Crippen LogP) is 2.03. The summed E-state index contributed by atoms with van der Waals surface area (Å²) < 4.78 is 0. The van der Waals surface area contributed by atoms with Crippen LogP contribution in [-0.2, 0) is 0 Å². The molecule has 0 aliphatic carbocycles. The molecule has 0 aromatic heterocycles. The third-order valence-electron chi connectivity index (χ3n) is 2.31. The van der Waals surface area contributed by atoms with Gasteiger partial charge in [0, 0.05) is 0 Å². The van der Waals surface area contributed by atoms with Gasteiger partial charge in [-0.15, -0.1) is 12.4 Å². The van der Waals surface area contributed by atoms with E-state index in [1.54, 1.807) is 0 Å². The maximum atomic E-state index is 8.98. The highest BCUT2D eigenvalue weighted by atomic mass is 35.5. The predicted molar refractivity (Wildman–Crippen MR) is 61.9 cm³/mol. The fourth-order valence-corrected chi connectivity index (χ4v) is 1.87. The van der Waals surface area contributed by atoms with E-state index in [1.807, 2.05) is 13.8 Å². The van der Waals surface area contributed by atoms with Gasteiger partial charge >= 0.3 is 0 Å². The molecule has 80 valence electrons. The van der Waals surface area contributed by atoms with E-state index in [9.17, 15) is 0 Å². The molecule has 0 unspecified atom stereocenters. The molecule has 1 aromatic rings. The Hall–Kier alpha value is -0.570. The quantitative estimate of drug-likeness (QED) is 0.793. The van der Waals surface area contributed by atoms with Crippen LogP contribution in [0.1, 0.15) is 28.3 Å². The molecule has 0 saturated carbocycles. The summed E-state index contributed by atoms with van der Waals surface area (Å²) in [4.78, 5) is 0. The van der Waals surface area contributed by atoms with Gasteiger partial charge in [-0.2, -0.15) is 0 Å². The van der Waals surface area contributed by atoms with Crippen LogP contribution < -0.4 is 5.73 Å². The molecule has 2 nitrogen and oxygen atoms in total. The molecule has 3 heteroatoms. The summed E-state index contributed by atoms with van der Waals surface area (Å²) in [6.07, 6.45) is 0. The zero-order chi connectivity index (χ0) is 10.0. The van der Waals surface area contributed by atoms with Gasteiger partial charge in [-0.25, -0.2) is 0 Å². The monoisotopic (exact) mass is 215 g/mol. The third-order valence-corrected chi connectivity index (χ3v) is 2.31. The van der Waals surface area contributed by atoms with Crippen molar-refractivity contribution in [1.29, 1.82) is 0 Å². The molecule has 14 heavy (non-hydrogen) atoms. The van der Waals surface area contributed by atoms with Crippen LogP contribution in [0.5, 0.6) is 0 Å². The van der Waals surface area contributed by atoms with Gasteiger partial charge in [-0.3, -0.25) is 0 Å². The van der Waals surface area contributed by atoms with Crippen molar-refractivity contribution in [2.75, 3.05) is 6.61 Å². The molecule has 0 spiro atoms. The lowest BCUT2D eigenvalue weighted by atomic mass is 9.95. The van der Waals surface area contributed by atoms with Gasteiger partial charge in [0.25, 0.3) is 0 Å². The highest BCUT2D eigenvalue weighted by Crippen LogP contribution is 2.21. The second kappa shape index (κ2) is 5.35. The molecular weight excluding hydrogens is 198 g/mol. The van der Waals surface area contributed by atoms with Crippen molar-refractivity contribution >= 4 is 12.4 Å². The van der Waals surface area contributed by atoms with Gasteiger partial charge < -0.3 is 10.8 Å². The second-order valence-electron chi connectivity index (χ2n) is 3.60. The number of nitrogens with two attached hydrogens (primary N) is 1. The van der Waals surface area contributed by atoms with E-state index in [2.05, 4.69) is 19.1 Å². The fourth-order valence-electron chi connectivity index (χ4n) is 1.87. The van der Waals surface area contributed by atoms with E-state index in [0.717, 1.165) is 5.56 Å². The average molecular weight is 216 g/mol. The number of aliphatic hydroxyl groups excluding tert-OH is 1. The summed E-state index contributed by atoms with van der Waals surface area (Å²) in [5, 5.41) is 8.98. The summed E-state index contributed by atoms with van der Waals surface area (Å²) in [6.45, 7) is 6.13. The number of halogens is 1. The molecule has 0 heterocycles. The molecule has 0 aliphatic heterocycles. The number of aliphatic hydroxyl groups is 1. The van der Waals surface area contributed by atoms with Crippen LogP contribution >= 0.6 is 12.4 Å². The smallest absolute Gasteiger partial charge is 0.0624 e. The average Bonchev–Trinajstić information content (AvgIpc) is 2.02. The van der Waals surface area contributed by atoms with Crippen LogP contribution in [0.4, 0.5) is 0 Å². The molecular formula is C11H18ClNO. The minimum Gasteiger partial charge on any atom is -0.394 e. The Labute approximate surface area is 91.5 Å². The topological polar surface area (TPSA) is 46.2 Å². The van der Waals surface area contributed by atoms with Crippen molar-refractivity contribution in [3.63, 3.8) is 0 Å². The van der Waals surface area contributed by atoms with Crippen LogP contribution in [0, 0.1) is 20.8 Å². The van der Waals surface area contributed by atoms with E-state index in [-0.39, 0.29) is 25.1 Å². The van der Waals surface area contributed by atoms with Crippen molar-refractivity contribution in [3.05, 3.63) is 34.4 Å². The lowest BCUT2D eigenvalue weighted by molar-refractivity contribution is 0.267. The molecule has 1 aromatic carbocycles. The van der Waals surface area contributed by atoms with Crippen LogP contribution in [0.3, 0.4) is 0 Å². The highest BCUT2D eigenvalue weighted by Gasteiger charge is 2.10. The summed E-state index contributed by atoms with van der Waals surface area (Å²) in [5.74, 6) is 0. The van der Waals surface area contributed by atoms with Crippen LogP contribution in [-0.4, -0.2) is 11.7 Å². The van der Waals surface area contributed by atoms with Crippen LogP contribution in [0.2, 0.25) is 0 Å². The molecule has 0 bridgehead atoms. The van der Waals surface area contributed by atoms with Gasteiger partial charge in [-0.05, 0) is 37.5 Å². The molecule has 0 amide bonds. The van der Waals surface area contributed by atoms with Crippen molar-refractivity contribution in [2.45, 2.75) is 26.8 Å². The Morgan fingerprint density at radius 2 is 1.64 bits per heavy atom. The summed E-state index contributed by atoms with van der Waals surface area (Å²) in [6, 6.07) is 3.94. The van der Waals surface area contributed by atoms with E-state index >= 15 is 0 Å². The van der Waals surface area contributed by atoms with Crippen LogP contribution in [0.15, 0.2) is 12.1 Å². The van der Waals surface area contributed by atoms with Crippen molar-refractivity contribution in [1.82, 2.24) is 0 Å². The number of hydrogen-bond acceptors (Lipinski definition) is 2. The van der Waals surface area contributed by atoms with E-state index in [4.69, 9.17) is 10.8 Å². The first kappa shape index (κ1) is 13.4. The lowest BCUT2D eigenvalue weighted by Gasteiger charge is -2.16. The lowest BCUT2D eigenvalue weighted by Crippen LogP contribution is -2.17. The van der Waals surface area contributed by atoms with E-state index < -0.39 is 0 Å². The number of rotatable bonds is 2. The van der Waals surface area contributed by atoms with Gasteiger partial charge in [0.2, 0.25) is 0 Å². The first-order chi connectivity index (χ1) is 6.06. The van der Waals surface area contributed by atoms with Gasteiger partial charge in [0.1, 0.15) is 0 Å². The zero-order valence-corrected chi connectivity index (χ0v) is 9.69. The maximum absolute atomic E-state index is 8.98.